The zero-order chi connectivity index (χ0) is 18.7. The lowest BCUT2D eigenvalue weighted by molar-refractivity contribution is 0.0996. The lowest BCUT2D eigenvalue weighted by Gasteiger charge is -2.11. The van der Waals surface area contributed by atoms with Gasteiger partial charge in [-0.15, -0.1) is 10.2 Å². The van der Waals surface area contributed by atoms with E-state index in [1.807, 2.05) is 12.1 Å². The van der Waals surface area contributed by atoms with Gasteiger partial charge in [-0.3, -0.25) is 4.79 Å². The molecule has 0 saturated heterocycles. The van der Waals surface area contributed by atoms with Crippen LogP contribution >= 0.6 is 0 Å². The first-order chi connectivity index (χ1) is 12.5. The molecule has 6 nitrogen and oxygen atoms in total. The minimum atomic E-state index is -0.714. The molecule has 26 heavy (non-hydrogen) atoms. The Hall–Kier alpha value is -3.22. The summed E-state index contributed by atoms with van der Waals surface area (Å²) in [6.07, 6.45) is 1.86. The number of primary amides is 1. The number of hydrogen-bond acceptors (Lipinski definition) is 5. The monoisotopic (exact) mass is 354 g/mol. The van der Waals surface area contributed by atoms with Gasteiger partial charge in [0.25, 0.3) is 5.91 Å². The van der Waals surface area contributed by atoms with E-state index in [1.54, 1.807) is 18.2 Å². The van der Waals surface area contributed by atoms with Crippen molar-refractivity contribution in [1.82, 2.24) is 10.2 Å². The van der Waals surface area contributed by atoms with E-state index in [0.29, 0.717) is 41.5 Å². The van der Waals surface area contributed by atoms with Crippen molar-refractivity contribution in [2.45, 2.75) is 19.3 Å². The fraction of sp³-hybridized carbons (Fsp3) is 0.211. The minimum Gasteiger partial charge on any atom is -0.496 e. The SMILES string of the molecule is COc1cccc(F)c1CCCc1cccc2c(N)c(C(N)=O)nnc12. The second kappa shape index (κ2) is 7.35. The normalized spacial score (nSPS) is 10.8. The highest BCUT2D eigenvalue weighted by Gasteiger charge is 2.15. The van der Waals surface area contributed by atoms with Crippen molar-refractivity contribution in [2.24, 2.45) is 5.73 Å². The van der Waals surface area contributed by atoms with Crippen LogP contribution in [-0.2, 0) is 12.8 Å². The molecule has 0 bridgehead atoms. The Morgan fingerprint density at radius 3 is 2.65 bits per heavy atom. The molecule has 1 aromatic heterocycles. The molecule has 2 aromatic carbocycles. The molecule has 1 amide bonds. The van der Waals surface area contributed by atoms with E-state index in [1.165, 1.54) is 13.2 Å². The number of aryl methyl sites for hydroxylation is 1. The molecule has 7 heteroatoms. The van der Waals surface area contributed by atoms with Crippen LogP contribution in [0.15, 0.2) is 36.4 Å². The van der Waals surface area contributed by atoms with Crippen LogP contribution in [-0.4, -0.2) is 23.2 Å². The summed E-state index contributed by atoms with van der Waals surface area (Å²) in [5.74, 6) is -0.454. The Morgan fingerprint density at radius 2 is 1.92 bits per heavy atom. The van der Waals surface area contributed by atoms with Gasteiger partial charge in [0.15, 0.2) is 5.69 Å². The van der Waals surface area contributed by atoms with E-state index < -0.39 is 5.91 Å². The second-order valence-corrected chi connectivity index (χ2v) is 5.91. The summed E-state index contributed by atoms with van der Waals surface area (Å²) < 4.78 is 19.3. The van der Waals surface area contributed by atoms with Crippen molar-refractivity contribution in [2.75, 3.05) is 12.8 Å². The number of hydrogen-bond donors (Lipinski definition) is 2. The summed E-state index contributed by atoms with van der Waals surface area (Å²) in [6.45, 7) is 0. The highest BCUT2D eigenvalue weighted by Crippen LogP contribution is 2.26. The quantitative estimate of drug-likeness (QED) is 0.708. The van der Waals surface area contributed by atoms with Gasteiger partial charge >= 0.3 is 0 Å². The van der Waals surface area contributed by atoms with Gasteiger partial charge in [0.1, 0.15) is 11.6 Å². The Labute approximate surface area is 150 Å². The van der Waals surface area contributed by atoms with Crippen LogP contribution in [0.2, 0.25) is 0 Å². The topological polar surface area (TPSA) is 104 Å². The van der Waals surface area contributed by atoms with Crippen molar-refractivity contribution in [1.29, 1.82) is 0 Å². The maximum absolute atomic E-state index is 14.0. The number of nitrogens with two attached hydrogens (primary N) is 2. The predicted molar refractivity (Wildman–Crippen MR) is 97.4 cm³/mol. The van der Waals surface area contributed by atoms with Gasteiger partial charge in [-0.05, 0) is 37.0 Å². The van der Waals surface area contributed by atoms with Crippen LogP contribution in [0.1, 0.15) is 28.0 Å². The minimum absolute atomic E-state index is 0.0363. The van der Waals surface area contributed by atoms with Gasteiger partial charge < -0.3 is 16.2 Å². The number of halogens is 1. The highest BCUT2D eigenvalue weighted by molar-refractivity contribution is 6.04. The average Bonchev–Trinajstić information content (AvgIpc) is 2.63. The molecule has 3 aromatic rings. The molecule has 134 valence electrons. The number of carbonyl (C=O) groups is 1. The van der Waals surface area contributed by atoms with Gasteiger partial charge in [-0.2, -0.15) is 0 Å². The fourth-order valence-electron chi connectivity index (χ4n) is 3.02. The van der Waals surface area contributed by atoms with E-state index in [2.05, 4.69) is 10.2 Å². The number of fused-ring (bicyclic) bond motifs is 1. The number of rotatable bonds is 6. The van der Waals surface area contributed by atoms with Crippen LogP contribution in [0.3, 0.4) is 0 Å². The molecule has 0 spiro atoms. The van der Waals surface area contributed by atoms with Crippen LogP contribution < -0.4 is 16.2 Å². The number of nitrogens with zero attached hydrogens (tertiary/aromatic N) is 2. The van der Waals surface area contributed by atoms with Crippen molar-refractivity contribution in [3.8, 4) is 5.75 Å². The van der Waals surface area contributed by atoms with Gasteiger partial charge in [0.05, 0.1) is 18.3 Å². The predicted octanol–water partition coefficient (Wildman–Crippen LogP) is 2.63. The Balaban J connectivity index is 1.84. The Morgan fingerprint density at radius 1 is 1.15 bits per heavy atom. The number of methoxy groups -OCH3 is 1. The number of anilines is 1. The zero-order valence-electron chi connectivity index (χ0n) is 14.3. The van der Waals surface area contributed by atoms with Crippen LogP contribution in [0, 0.1) is 5.82 Å². The van der Waals surface area contributed by atoms with Crippen molar-refractivity contribution in [3.63, 3.8) is 0 Å². The number of carbonyl (C=O) groups excluding carboxylic acids is 1. The summed E-state index contributed by atoms with van der Waals surface area (Å²) in [6, 6.07) is 10.3. The first-order valence-electron chi connectivity index (χ1n) is 8.18. The maximum Gasteiger partial charge on any atom is 0.271 e. The van der Waals surface area contributed by atoms with Gasteiger partial charge in [0, 0.05) is 10.9 Å². The van der Waals surface area contributed by atoms with E-state index in [9.17, 15) is 9.18 Å². The zero-order valence-corrected chi connectivity index (χ0v) is 14.3. The second-order valence-electron chi connectivity index (χ2n) is 5.91. The summed E-state index contributed by atoms with van der Waals surface area (Å²) in [7, 11) is 1.53. The first kappa shape index (κ1) is 17.6. The number of aromatic nitrogens is 2. The van der Waals surface area contributed by atoms with Crippen LogP contribution in [0.25, 0.3) is 10.9 Å². The highest BCUT2D eigenvalue weighted by atomic mass is 19.1. The average molecular weight is 354 g/mol. The molecule has 4 N–H and O–H groups in total. The summed E-state index contributed by atoms with van der Waals surface area (Å²) in [5.41, 5.74) is 13.5. The van der Waals surface area contributed by atoms with E-state index in [0.717, 1.165) is 5.56 Å². The summed E-state index contributed by atoms with van der Waals surface area (Å²) in [5, 5.41) is 8.59. The molecule has 0 atom stereocenters. The third-order valence-electron chi connectivity index (χ3n) is 4.32. The molecule has 0 unspecified atom stereocenters. The fourth-order valence-corrected chi connectivity index (χ4v) is 3.02. The molecule has 0 fully saturated rings. The van der Waals surface area contributed by atoms with Gasteiger partial charge in [-0.1, -0.05) is 24.3 Å². The van der Waals surface area contributed by atoms with Gasteiger partial charge in [0.2, 0.25) is 0 Å². The van der Waals surface area contributed by atoms with E-state index in [-0.39, 0.29) is 17.2 Å². The number of ether oxygens (including phenoxy) is 1. The lowest BCUT2D eigenvalue weighted by atomic mass is 10.0. The summed E-state index contributed by atoms with van der Waals surface area (Å²) >= 11 is 0. The molecule has 0 radical (unpaired) electrons. The third kappa shape index (κ3) is 3.28. The molecule has 0 saturated carbocycles. The molecule has 0 aliphatic carbocycles. The lowest BCUT2D eigenvalue weighted by Crippen LogP contribution is -2.17. The van der Waals surface area contributed by atoms with Crippen molar-refractivity contribution >= 4 is 22.5 Å². The molecule has 1 heterocycles. The van der Waals surface area contributed by atoms with Gasteiger partial charge in [-0.25, -0.2) is 4.39 Å². The molecule has 0 aliphatic rings. The van der Waals surface area contributed by atoms with Crippen molar-refractivity contribution in [3.05, 3.63) is 59.0 Å². The first-order valence-corrected chi connectivity index (χ1v) is 8.18. The Kier molecular flexibility index (Phi) is 4.97. The van der Waals surface area contributed by atoms with Crippen LogP contribution in [0.5, 0.6) is 5.75 Å². The molecular weight excluding hydrogens is 335 g/mol. The van der Waals surface area contributed by atoms with Crippen LogP contribution in [0.4, 0.5) is 10.1 Å². The van der Waals surface area contributed by atoms with Crippen molar-refractivity contribution < 1.29 is 13.9 Å². The van der Waals surface area contributed by atoms with E-state index in [4.69, 9.17) is 16.2 Å². The molecular formula is C19H19FN4O2. The maximum atomic E-state index is 14.0. The largest absolute Gasteiger partial charge is 0.496 e. The molecule has 3 rings (SSSR count). The number of nitrogen functional groups attached to an aromatic ring is 1. The smallest absolute Gasteiger partial charge is 0.271 e. The number of benzene rings is 2. The molecule has 0 aliphatic heterocycles. The standard InChI is InChI=1S/C19H19FN4O2/c1-26-15-10-4-9-14(20)12(15)7-2-5-11-6-3-8-13-16(21)18(19(22)25)24-23-17(11)13/h3-4,6,8-10H,2,5,7H2,1H3,(H2,21,23)(H2,22,25). The summed E-state index contributed by atoms with van der Waals surface area (Å²) in [4.78, 5) is 11.4. The Bertz CT molecular complexity index is 975. The third-order valence-corrected chi connectivity index (χ3v) is 4.32. The number of amides is 1. The van der Waals surface area contributed by atoms with E-state index >= 15 is 0 Å².